The molecule has 1 aromatic heterocycles. The summed E-state index contributed by atoms with van der Waals surface area (Å²) in [6.45, 7) is 7.27. The van der Waals surface area contributed by atoms with Gasteiger partial charge in [0.1, 0.15) is 5.82 Å². The molecule has 1 fully saturated rings. The van der Waals surface area contributed by atoms with Crippen LogP contribution in [0.3, 0.4) is 0 Å². The predicted octanol–water partition coefficient (Wildman–Crippen LogP) is 1.08. The minimum Gasteiger partial charge on any atom is -0.337 e. The summed E-state index contributed by atoms with van der Waals surface area (Å²) in [4.78, 5) is 22.8. The minimum absolute atomic E-state index is 0.00616. The van der Waals surface area contributed by atoms with Gasteiger partial charge in [0.15, 0.2) is 0 Å². The Morgan fingerprint density at radius 2 is 2.28 bits per heavy atom. The Labute approximate surface area is 107 Å². The van der Waals surface area contributed by atoms with E-state index in [0.29, 0.717) is 17.9 Å². The van der Waals surface area contributed by atoms with Crippen molar-refractivity contribution in [2.45, 2.75) is 39.2 Å². The van der Waals surface area contributed by atoms with Crippen molar-refractivity contribution in [1.29, 1.82) is 0 Å². The second-order valence-corrected chi connectivity index (χ2v) is 5.17. The molecule has 0 saturated carbocycles. The van der Waals surface area contributed by atoms with Gasteiger partial charge in [-0.25, -0.2) is 9.97 Å². The highest BCUT2D eigenvalue weighted by atomic mass is 16.2. The first-order chi connectivity index (χ1) is 8.49. The number of aromatic nitrogens is 2. The highest BCUT2D eigenvalue weighted by Crippen LogP contribution is 2.20. The second-order valence-electron chi connectivity index (χ2n) is 5.17. The summed E-state index contributed by atoms with van der Waals surface area (Å²) >= 11 is 0. The molecule has 1 aliphatic rings. The molecule has 0 aliphatic carbocycles. The monoisotopic (exact) mass is 248 g/mol. The molecule has 5 nitrogen and oxygen atoms in total. The number of nitrogens with zero attached hydrogens (tertiary/aromatic N) is 3. The number of hydrogen-bond acceptors (Lipinski definition) is 4. The summed E-state index contributed by atoms with van der Waals surface area (Å²) in [5, 5.41) is 0. The molecule has 2 rings (SSSR count). The molecule has 0 bridgehead atoms. The lowest BCUT2D eigenvalue weighted by atomic mass is 10.0. The summed E-state index contributed by atoms with van der Waals surface area (Å²) in [7, 11) is 0. The Morgan fingerprint density at radius 3 is 2.83 bits per heavy atom. The number of carbonyl (C=O) groups excluding carboxylic acids is 1. The van der Waals surface area contributed by atoms with Gasteiger partial charge in [0.25, 0.3) is 5.91 Å². The Morgan fingerprint density at radius 1 is 1.56 bits per heavy atom. The maximum Gasteiger partial charge on any atom is 0.257 e. The van der Waals surface area contributed by atoms with Crippen LogP contribution in [0.1, 0.15) is 48.1 Å². The number of rotatable bonds is 2. The Kier molecular flexibility index (Phi) is 3.61. The molecule has 1 atom stereocenters. The van der Waals surface area contributed by atoms with Crippen LogP contribution in [0, 0.1) is 6.92 Å². The largest absolute Gasteiger partial charge is 0.337 e. The number of nitrogens with two attached hydrogens (primary N) is 1. The standard InChI is InChI=1S/C13H20N4O/c1-8(2)12-11(6-15-9(3)16-12)13(18)17-5-4-10(14)7-17/h6,8,10H,4-5,7,14H2,1-3H3/t10-/m1/s1. The molecule has 1 saturated heterocycles. The summed E-state index contributed by atoms with van der Waals surface area (Å²) in [6, 6.07) is 0.0998. The molecule has 0 spiro atoms. The predicted molar refractivity (Wildman–Crippen MR) is 69.4 cm³/mol. The first-order valence-corrected chi connectivity index (χ1v) is 6.37. The average molecular weight is 248 g/mol. The van der Waals surface area contributed by atoms with Crippen LogP contribution in [0.4, 0.5) is 0 Å². The van der Waals surface area contributed by atoms with Gasteiger partial charge < -0.3 is 10.6 Å². The number of aryl methyl sites for hydroxylation is 1. The van der Waals surface area contributed by atoms with Crippen molar-refractivity contribution in [2.24, 2.45) is 5.73 Å². The molecule has 1 aromatic rings. The van der Waals surface area contributed by atoms with Crippen LogP contribution in [-0.4, -0.2) is 39.9 Å². The fourth-order valence-electron chi connectivity index (χ4n) is 2.23. The van der Waals surface area contributed by atoms with Crippen LogP contribution >= 0.6 is 0 Å². The molecule has 1 aliphatic heterocycles. The molecule has 98 valence electrons. The van der Waals surface area contributed by atoms with Crippen molar-refractivity contribution >= 4 is 5.91 Å². The normalized spacial score (nSPS) is 19.6. The van der Waals surface area contributed by atoms with Crippen molar-refractivity contribution in [3.8, 4) is 0 Å². The van der Waals surface area contributed by atoms with Gasteiger partial charge in [0.05, 0.1) is 11.3 Å². The van der Waals surface area contributed by atoms with Crippen molar-refractivity contribution in [3.05, 3.63) is 23.3 Å². The van der Waals surface area contributed by atoms with Gasteiger partial charge in [-0.3, -0.25) is 4.79 Å². The molecule has 2 heterocycles. The number of amides is 1. The zero-order valence-corrected chi connectivity index (χ0v) is 11.2. The van der Waals surface area contributed by atoms with E-state index in [-0.39, 0.29) is 17.9 Å². The molecule has 1 amide bonds. The van der Waals surface area contributed by atoms with E-state index in [9.17, 15) is 4.79 Å². The van der Waals surface area contributed by atoms with Crippen molar-refractivity contribution in [2.75, 3.05) is 13.1 Å². The minimum atomic E-state index is 0.00616. The van der Waals surface area contributed by atoms with E-state index in [1.54, 1.807) is 11.1 Å². The quantitative estimate of drug-likeness (QED) is 0.850. The molecular formula is C13H20N4O. The van der Waals surface area contributed by atoms with Gasteiger partial charge in [-0.05, 0) is 19.3 Å². The molecular weight excluding hydrogens is 228 g/mol. The van der Waals surface area contributed by atoms with Crippen LogP contribution < -0.4 is 5.73 Å². The van der Waals surface area contributed by atoms with Crippen molar-refractivity contribution < 1.29 is 4.79 Å². The van der Waals surface area contributed by atoms with E-state index < -0.39 is 0 Å². The van der Waals surface area contributed by atoms with Gasteiger partial charge in [0.2, 0.25) is 0 Å². The molecule has 0 unspecified atom stereocenters. The van der Waals surface area contributed by atoms with Crippen LogP contribution in [0.25, 0.3) is 0 Å². The second kappa shape index (κ2) is 5.02. The van der Waals surface area contributed by atoms with Gasteiger partial charge in [0, 0.05) is 25.3 Å². The van der Waals surface area contributed by atoms with E-state index in [1.165, 1.54) is 0 Å². The van der Waals surface area contributed by atoms with E-state index in [1.807, 2.05) is 20.8 Å². The maximum atomic E-state index is 12.4. The highest BCUT2D eigenvalue weighted by molar-refractivity contribution is 5.95. The third-order valence-electron chi connectivity index (χ3n) is 3.23. The molecule has 2 N–H and O–H groups in total. The average Bonchev–Trinajstić information content (AvgIpc) is 2.75. The third-order valence-corrected chi connectivity index (χ3v) is 3.23. The van der Waals surface area contributed by atoms with Crippen LogP contribution in [0.15, 0.2) is 6.20 Å². The summed E-state index contributed by atoms with van der Waals surface area (Å²) in [6.07, 6.45) is 2.51. The van der Waals surface area contributed by atoms with Gasteiger partial charge in [-0.15, -0.1) is 0 Å². The molecule has 5 heteroatoms. The van der Waals surface area contributed by atoms with E-state index in [4.69, 9.17) is 5.73 Å². The number of carbonyl (C=O) groups is 1. The smallest absolute Gasteiger partial charge is 0.257 e. The SMILES string of the molecule is Cc1ncc(C(=O)N2CC[C@@H](N)C2)c(C(C)C)n1. The number of hydrogen-bond donors (Lipinski definition) is 1. The zero-order valence-electron chi connectivity index (χ0n) is 11.2. The molecule has 0 aromatic carbocycles. The zero-order chi connectivity index (χ0) is 13.3. The van der Waals surface area contributed by atoms with Gasteiger partial charge in [-0.1, -0.05) is 13.8 Å². The molecule has 0 radical (unpaired) electrons. The van der Waals surface area contributed by atoms with Crippen LogP contribution in [-0.2, 0) is 0 Å². The highest BCUT2D eigenvalue weighted by Gasteiger charge is 2.27. The van der Waals surface area contributed by atoms with Gasteiger partial charge in [-0.2, -0.15) is 0 Å². The fourth-order valence-corrected chi connectivity index (χ4v) is 2.23. The third kappa shape index (κ3) is 2.51. The lowest BCUT2D eigenvalue weighted by molar-refractivity contribution is 0.0788. The lowest BCUT2D eigenvalue weighted by Gasteiger charge is -2.18. The fraction of sp³-hybridized carbons (Fsp3) is 0.615. The topological polar surface area (TPSA) is 72.1 Å². The van der Waals surface area contributed by atoms with Gasteiger partial charge >= 0.3 is 0 Å². The van der Waals surface area contributed by atoms with Crippen LogP contribution in [0.2, 0.25) is 0 Å². The Balaban J connectivity index is 2.30. The first kappa shape index (κ1) is 13.0. The first-order valence-electron chi connectivity index (χ1n) is 6.37. The maximum absolute atomic E-state index is 12.4. The summed E-state index contributed by atoms with van der Waals surface area (Å²) in [5.41, 5.74) is 7.28. The lowest BCUT2D eigenvalue weighted by Crippen LogP contribution is -2.33. The Hall–Kier alpha value is -1.49. The summed E-state index contributed by atoms with van der Waals surface area (Å²) in [5.74, 6) is 0.918. The van der Waals surface area contributed by atoms with E-state index in [2.05, 4.69) is 9.97 Å². The number of likely N-dealkylation sites (tertiary alicyclic amines) is 1. The van der Waals surface area contributed by atoms with Crippen molar-refractivity contribution in [1.82, 2.24) is 14.9 Å². The van der Waals surface area contributed by atoms with Crippen molar-refractivity contribution in [3.63, 3.8) is 0 Å². The van der Waals surface area contributed by atoms with Crippen LogP contribution in [0.5, 0.6) is 0 Å². The van der Waals surface area contributed by atoms with E-state index in [0.717, 1.165) is 18.7 Å². The Bertz CT molecular complexity index is 458. The summed E-state index contributed by atoms with van der Waals surface area (Å²) < 4.78 is 0. The molecule has 18 heavy (non-hydrogen) atoms. The van der Waals surface area contributed by atoms with E-state index >= 15 is 0 Å².